The Morgan fingerprint density at radius 1 is 1.12 bits per heavy atom. The average molecular weight is 466 g/mol. The topological polar surface area (TPSA) is 90.2 Å². The molecule has 1 aromatic carbocycles. The Labute approximate surface area is 197 Å². The van der Waals surface area contributed by atoms with Gasteiger partial charge in [0.1, 0.15) is 6.04 Å². The number of benzene rings is 1. The lowest BCUT2D eigenvalue weighted by Crippen LogP contribution is -2.49. The van der Waals surface area contributed by atoms with Crippen molar-refractivity contribution in [2.24, 2.45) is 0 Å². The molecule has 0 saturated carbocycles. The molecular formula is C24H27N5O3S. The number of thioether (sulfide) groups is 1. The highest BCUT2D eigenvalue weighted by Gasteiger charge is 2.33. The number of amides is 1. The van der Waals surface area contributed by atoms with E-state index < -0.39 is 6.04 Å². The zero-order chi connectivity index (χ0) is 23.2. The number of aromatic nitrogens is 4. The second kappa shape index (κ2) is 10.6. The van der Waals surface area contributed by atoms with Gasteiger partial charge in [0.25, 0.3) is 0 Å². The van der Waals surface area contributed by atoms with E-state index in [0.29, 0.717) is 30.6 Å². The van der Waals surface area contributed by atoms with Gasteiger partial charge in [0.2, 0.25) is 5.91 Å². The molecule has 0 radical (unpaired) electrons. The molecule has 1 aliphatic heterocycles. The van der Waals surface area contributed by atoms with E-state index in [-0.39, 0.29) is 17.6 Å². The van der Waals surface area contributed by atoms with E-state index in [1.807, 2.05) is 47.9 Å². The van der Waals surface area contributed by atoms with Crippen LogP contribution in [0.15, 0.2) is 53.9 Å². The minimum atomic E-state index is -0.506. The van der Waals surface area contributed by atoms with E-state index >= 15 is 0 Å². The maximum atomic E-state index is 13.1. The van der Waals surface area contributed by atoms with Crippen LogP contribution in [0.1, 0.15) is 31.7 Å². The number of pyridine rings is 1. The number of carbonyl (C=O) groups is 2. The third kappa shape index (κ3) is 5.08. The molecule has 1 saturated heterocycles. The fourth-order valence-corrected chi connectivity index (χ4v) is 4.84. The number of hydrogen-bond acceptors (Lipinski definition) is 7. The van der Waals surface area contributed by atoms with Crippen LogP contribution in [-0.4, -0.2) is 61.5 Å². The fourth-order valence-electron chi connectivity index (χ4n) is 4.01. The van der Waals surface area contributed by atoms with Crippen molar-refractivity contribution in [2.75, 3.05) is 18.9 Å². The smallest absolute Gasteiger partial charge is 0.328 e. The maximum absolute atomic E-state index is 13.1. The number of rotatable bonds is 7. The summed E-state index contributed by atoms with van der Waals surface area (Å²) in [5, 5.41) is 9.45. The number of ether oxygens (including phenoxy) is 1. The van der Waals surface area contributed by atoms with Crippen molar-refractivity contribution in [3.63, 3.8) is 0 Å². The fraction of sp³-hybridized carbons (Fsp3) is 0.375. The van der Waals surface area contributed by atoms with E-state index in [4.69, 9.17) is 4.74 Å². The van der Waals surface area contributed by atoms with Crippen LogP contribution in [0.4, 0.5) is 0 Å². The zero-order valence-electron chi connectivity index (χ0n) is 18.8. The van der Waals surface area contributed by atoms with E-state index in [2.05, 4.69) is 15.2 Å². The van der Waals surface area contributed by atoms with E-state index in [1.54, 1.807) is 24.2 Å². The Balaban J connectivity index is 1.59. The Hall–Kier alpha value is -3.20. The Bertz CT molecular complexity index is 1120. The highest BCUT2D eigenvalue weighted by Crippen LogP contribution is 2.30. The van der Waals surface area contributed by atoms with Crippen LogP contribution in [0.5, 0.6) is 0 Å². The molecule has 1 atom stereocenters. The minimum Gasteiger partial charge on any atom is -0.464 e. The lowest BCUT2D eigenvalue weighted by molar-refractivity contribution is -0.155. The second-order valence-electron chi connectivity index (χ2n) is 7.80. The van der Waals surface area contributed by atoms with Crippen LogP contribution in [0.3, 0.4) is 0 Å². The number of hydrogen-bond donors (Lipinski definition) is 0. The van der Waals surface area contributed by atoms with Gasteiger partial charge in [-0.3, -0.25) is 14.3 Å². The summed E-state index contributed by atoms with van der Waals surface area (Å²) in [4.78, 5) is 31.2. The quantitative estimate of drug-likeness (QED) is 0.388. The molecule has 1 unspecified atom stereocenters. The van der Waals surface area contributed by atoms with Crippen molar-refractivity contribution in [3.05, 3.63) is 54.4 Å². The van der Waals surface area contributed by atoms with Crippen molar-refractivity contribution in [3.8, 4) is 17.1 Å². The maximum Gasteiger partial charge on any atom is 0.328 e. The van der Waals surface area contributed by atoms with Crippen LogP contribution in [-0.2, 0) is 14.3 Å². The minimum absolute atomic E-state index is 0.0949. The first-order valence-electron chi connectivity index (χ1n) is 11.1. The summed E-state index contributed by atoms with van der Waals surface area (Å²) in [7, 11) is 0. The van der Waals surface area contributed by atoms with Crippen molar-refractivity contribution < 1.29 is 14.3 Å². The average Bonchev–Trinajstić information content (AvgIpc) is 3.27. The number of aryl methyl sites for hydroxylation is 1. The molecule has 33 heavy (non-hydrogen) atoms. The highest BCUT2D eigenvalue weighted by molar-refractivity contribution is 7.99. The molecule has 1 aliphatic rings. The van der Waals surface area contributed by atoms with Gasteiger partial charge in [-0.1, -0.05) is 30.0 Å². The SMILES string of the molecule is CCOC(=O)C1CCCCN1C(=O)CSc1nnc(-c2ccncc2)n1-c1ccccc1C. The molecule has 9 heteroatoms. The molecule has 0 aliphatic carbocycles. The lowest BCUT2D eigenvalue weighted by Gasteiger charge is -2.33. The largest absolute Gasteiger partial charge is 0.464 e. The summed E-state index contributed by atoms with van der Waals surface area (Å²) in [6.07, 6.45) is 5.87. The summed E-state index contributed by atoms with van der Waals surface area (Å²) >= 11 is 1.33. The number of nitrogens with zero attached hydrogens (tertiary/aromatic N) is 5. The number of likely N-dealkylation sites (tertiary alicyclic amines) is 1. The van der Waals surface area contributed by atoms with Gasteiger partial charge in [-0.25, -0.2) is 4.79 Å². The number of para-hydroxylation sites is 1. The third-order valence-corrected chi connectivity index (χ3v) is 6.55. The molecule has 0 N–H and O–H groups in total. The van der Waals surface area contributed by atoms with Gasteiger partial charge in [0, 0.05) is 24.5 Å². The first kappa shape index (κ1) is 23.0. The van der Waals surface area contributed by atoms with Gasteiger partial charge in [-0.15, -0.1) is 10.2 Å². The number of esters is 1. The Kier molecular flexibility index (Phi) is 7.39. The predicted molar refractivity (Wildman–Crippen MR) is 126 cm³/mol. The van der Waals surface area contributed by atoms with E-state index in [9.17, 15) is 9.59 Å². The van der Waals surface area contributed by atoms with Gasteiger partial charge in [0.15, 0.2) is 11.0 Å². The van der Waals surface area contributed by atoms with Crippen LogP contribution >= 0.6 is 11.8 Å². The summed E-state index contributed by atoms with van der Waals surface area (Å²) in [6, 6.07) is 11.3. The highest BCUT2D eigenvalue weighted by atomic mass is 32.2. The second-order valence-corrected chi connectivity index (χ2v) is 8.75. The van der Waals surface area contributed by atoms with E-state index in [0.717, 1.165) is 29.7 Å². The first-order chi connectivity index (χ1) is 16.1. The van der Waals surface area contributed by atoms with E-state index in [1.165, 1.54) is 11.8 Å². The Morgan fingerprint density at radius 2 is 1.91 bits per heavy atom. The molecule has 8 nitrogen and oxygen atoms in total. The van der Waals surface area contributed by atoms with Crippen LogP contribution in [0, 0.1) is 6.92 Å². The molecule has 0 bridgehead atoms. The lowest BCUT2D eigenvalue weighted by atomic mass is 10.0. The van der Waals surface area contributed by atoms with Gasteiger partial charge < -0.3 is 9.64 Å². The van der Waals surface area contributed by atoms with Crippen molar-refractivity contribution in [1.29, 1.82) is 0 Å². The summed E-state index contributed by atoms with van der Waals surface area (Å²) in [5.41, 5.74) is 2.91. The molecular weight excluding hydrogens is 438 g/mol. The molecule has 1 amide bonds. The van der Waals surface area contributed by atoms with Crippen LogP contribution < -0.4 is 0 Å². The number of piperidine rings is 1. The molecule has 3 aromatic rings. The molecule has 4 rings (SSSR count). The predicted octanol–water partition coefficient (Wildman–Crippen LogP) is 3.67. The summed E-state index contributed by atoms with van der Waals surface area (Å²) in [5.74, 6) is 0.432. The first-order valence-corrected chi connectivity index (χ1v) is 12.1. The zero-order valence-corrected chi connectivity index (χ0v) is 19.6. The van der Waals surface area contributed by atoms with Gasteiger partial charge >= 0.3 is 5.97 Å². The third-order valence-electron chi connectivity index (χ3n) is 5.63. The summed E-state index contributed by atoms with van der Waals surface area (Å²) in [6.45, 7) is 4.68. The molecule has 2 aromatic heterocycles. The number of carbonyl (C=O) groups excluding carboxylic acids is 2. The van der Waals surface area contributed by atoms with Gasteiger partial charge in [-0.05, 0) is 56.9 Å². The van der Waals surface area contributed by atoms with Crippen molar-refractivity contribution >= 4 is 23.6 Å². The molecule has 3 heterocycles. The monoisotopic (exact) mass is 465 g/mol. The van der Waals surface area contributed by atoms with Gasteiger partial charge in [-0.2, -0.15) is 0 Å². The van der Waals surface area contributed by atoms with Gasteiger partial charge in [0.05, 0.1) is 18.0 Å². The van der Waals surface area contributed by atoms with Crippen LogP contribution in [0.2, 0.25) is 0 Å². The van der Waals surface area contributed by atoms with Crippen LogP contribution in [0.25, 0.3) is 17.1 Å². The standard InChI is InChI=1S/C24H27N5O3S/c1-3-32-23(31)20-10-6-7-15-28(20)21(30)16-33-24-27-26-22(18-11-13-25-14-12-18)29(24)19-9-5-4-8-17(19)2/h4-5,8-9,11-14,20H,3,6-7,10,15-16H2,1-2H3. The van der Waals surface area contributed by atoms with Crippen molar-refractivity contribution in [2.45, 2.75) is 44.3 Å². The normalized spacial score (nSPS) is 15.9. The Morgan fingerprint density at radius 3 is 2.67 bits per heavy atom. The molecule has 0 spiro atoms. The molecule has 172 valence electrons. The summed E-state index contributed by atoms with van der Waals surface area (Å²) < 4.78 is 7.17. The molecule has 1 fully saturated rings. The van der Waals surface area contributed by atoms with Crippen molar-refractivity contribution in [1.82, 2.24) is 24.6 Å².